The molecular formula is C13H21N3O3S. The Morgan fingerprint density at radius 2 is 2.30 bits per heavy atom. The molecule has 0 aliphatic carbocycles. The molecule has 0 radical (unpaired) electrons. The molecule has 0 saturated heterocycles. The fraction of sp³-hybridized carbons (Fsp3) is 0.692. The lowest BCUT2D eigenvalue weighted by Crippen LogP contribution is -2.43. The number of nitrogens with zero attached hydrogens (tertiary/aromatic N) is 2. The van der Waals surface area contributed by atoms with E-state index in [4.69, 9.17) is 0 Å². The van der Waals surface area contributed by atoms with Gasteiger partial charge < -0.3 is 9.88 Å². The van der Waals surface area contributed by atoms with Crippen molar-refractivity contribution in [3.63, 3.8) is 0 Å². The summed E-state index contributed by atoms with van der Waals surface area (Å²) in [7, 11) is -3.31. The first-order valence-electron chi connectivity index (χ1n) is 6.85. The van der Waals surface area contributed by atoms with E-state index in [2.05, 4.69) is 10.3 Å². The Labute approximate surface area is 119 Å². The standard InChI is InChI=1S/C13H21N3O3S/c1-10(2)8-20(18,19)9-13(17)15-11-3-4-12-14-5-6-16(12)7-11/h5-6,10-11H,3-4,7-9H2,1-2H3,(H,15,17)/t11-/m1/s1. The summed E-state index contributed by atoms with van der Waals surface area (Å²) >= 11 is 0. The normalized spacial score (nSPS) is 18.9. The second-order valence-electron chi connectivity index (χ2n) is 5.75. The number of carbonyl (C=O) groups excluding carboxylic acids is 1. The van der Waals surface area contributed by atoms with Crippen molar-refractivity contribution >= 4 is 15.7 Å². The number of nitrogens with one attached hydrogen (secondary N) is 1. The molecule has 2 heterocycles. The number of fused-ring (bicyclic) bond motifs is 1. The Kier molecular flexibility index (Phi) is 4.47. The lowest BCUT2D eigenvalue weighted by atomic mass is 10.1. The van der Waals surface area contributed by atoms with Gasteiger partial charge in [0.15, 0.2) is 9.84 Å². The molecule has 0 fully saturated rings. The van der Waals surface area contributed by atoms with Gasteiger partial charge >= 0.3 is 0 Å². The van der Waals surface area contributed by atoms with E-state index < -0.39 is 21.5 Å². The van der Waals surface area contributed by atoms with Crippen LogP contribution >= 0.6 is 0 Å². The molecule has 20 heavy (non-hydrogen) atoms. The van der Waals surface area contributed by atoms with Gasteiger partial charge in [0.05, 0.1) is 5.75 Å². The summed E-state index contributed by atoms with van der Waals surface area (Å²) in [5.74, 6) is 0.285. The number of sulfone groups is 1. The number of aryl methyl sites for hydroxylation is 1. The molecule has 1 atom stereocenters. The summed E-state index contributed by atoms with van der Waals surface area (Å²) in [6, 6.07) is -0.0153. The number of rotatable bonds is 5. The van der Waals surface area contributed by atoms with Crippen LogP contribution in [0.2, 0.25) is 0 Å². The molecule has 7 heteroatoms. The monoisotopic (exact) mass is 299 g/mol. The summed E-state index contributed by atoms with van der Waals surface area (Å²) in [4.78, 5) is 16.1. The zero-order chi connectivity index (χ0) is 14.8. The van der Waals surface area contributed by atoms with Gasteiger partial charge in [0.25, 0.3) is 0 Å². The molecule has 0 aromatic carbocycles. The third kappa shape index (κ3) is 4.06. The molecule has 1 aliphatic rings. The summed E-state index contributed by atoms with van der Waals surface area (Å²) in [5.41, 5.74) is 0. The Hall–Kier alpha value is -1.37. The van der Waals surface area contributed by atoms with E-state index in [-0.39, 0.29) is 17.7 Å². The minimum Gasteiger partial charge on any atom is -0.351 e. The van der Waals surface area contributed by atoms with Gasteiger partial charge in [-0.1, -0.05) is 13.8 Å². The second-order valence-corrected chi connectivity index (χ2v) is 7.86. The Morgan fingerprint density at radius 1 is 1.55 bits per heavy atom. The predicted octanol–water partition coefficient (Wildman–Crippen LogP) is 0.385. The van der Waals surface area contributed by atoms with Crippen LogP contribution in [0.15, 0.2) is 12.4 Å². The minimum atomic E-state index is -3.31. The molecule has 0 bridgehead atoms. The SMILES string of the molecule is CC(C)CS(=O)(=O)CC(=O)N[C@@H]1CCc2nccn2C1. The van der Waals surface area contributed by atoms with E-state index in [1.165, 1.54) is 0 Å². The first kappa shape index (κ1) is 15.0. The van der Waals surface area contributed by atoms with Gasteiger partial charge in [0.2, 0.25) is 5.91 Å². The molecule has 1 amide bonds. The molecule has 0 spiro atoms. The number of hydrogen-bond donors (Lipinski definition) is 1. The van der Waals surface area contributed by atoms with Gasteiger partial charge in [-0.2, -0.15) is 0 Å². The average molecular weight is 299 g/mol. The molecule has 1 aromatic rings. The van der Waals surface area contributed by atoms with Crippen molar-refractivity contribution in [3.8, 4) is 0 Å². The van der Waals surface area contributed by atoms with Crippen LogP contribution in [0.25, 0.3) is 0 Å². The van der Waals surface area contributed by atoms with Crippen LogP contribution < -0.4 is 5.32 Å². The Morgan fingerprint density at radius 3 is 3.00 bits per heavy atom. The van der Waals surface area contributed by atoms with Gasteiger partial charge in [-0.15, -0.1) is 0 Å². The highest BCUT2D eigenvalue weighted by molar-refractivity contribution is 7.92. The summed E-state index contributed by atoms with van der Waals surface area (Å²) < 4.78 is 25.5. The van der Waals surface area contributed by atoms with Crippen LogP contribution in [0.3, 0.4) is 0 Å². The molecule has 1 aromatic heterocycles. The zero-order valence-corrected chi connectivity index (χ0v) is 12.7. The first-order valence-corrected chi connectivity index (χ1v) is 8.67. The highest BCUT2D eigenvalue weighted by atomic mass is 32.2. The molecule has 0 saturated carbocycles. The smallest absolute Gasteiger partial charge is 0.235 e. The van der Waals surface area contributed by atoms with E-state index in [9.17, 15) is 13.2 Å². The quantitative estimate of drug-likeness (QED) is 0.852. The molecule has 6 nitrogen and oxygen atoms in total. The Bertz CT molecular complexity index is 577. The molecule has 2 rings (SSSR count). The van der Waals surface area contributed by atoms with Crippen molar-refractivity contribution < 1.29 is 13.2 Å². The van der Waals surface area contributed by atoms with Crippen LogP contribution in [0.4, 0.5) is 0 Å². The van der Waals surface area contributed by atoms with E-state index in [0.29, 0.717) is 6.54 Å². The Balaban J connectivity index is 1.87. The van der Waals surface area contributed by atoms with Crippen molar-refractivity contribution in [3.05, 3.63) is 18.2 Å². The number of amides is 1. The molecule has 1 aliphatic heterocycles. The molecule has 1 N–H and O–H groups in total. The maximum absolute atomic E-state index is 11.8. The van der Waals surface area contributed by atoms with E-state index in [0.717, 1.165) is 18.7 Å². The van der Waals surface area contributed by atoms with E-state index in [1.807, 2.05) is 24.6 Å². The zero-order valence-electron chi connectivity index (χ0n) is 11.9. The number of hydrogen-bond acceptors (Lipinski definition) is 4. The predicted molar refractivity (Wildman–Crippen MR) is 76.0 cm³/mol. The van der Waals surface area contributed by atoms with E-state index >= 15 is 0 Å². The van der Waals surface area contributed by atoms with Gasteiger partial charge in [-0.25, -0.2) is 13.4 Å². The van der Waals surface area contributed by atoms with Crippen LogP contribution in [-0.4, -0.2) is 41.4 Å². The second kappa shape index (κ2) is 5.95. The number of carbonyl (C=O) groups is 1. The number of aromatic nitrogens is 2. The van der Waals surface area contributed by atoms with Crippen molar-refractivity contribution in [2.24, 2.45) is 5.92 Å². The fourth-order valence-corrected chi connectivity index (χ4v) is 4.14. The summed E-state index contributed by atoms with van der Waals surface area (Å²) in [6.45, 7) is 4.32. The largest absolute Gasteiger partial charge is 0.351 e. The fourth-order valence-electron chi connectivity index (χ4n) is 2.52. The topological polar surface area (TPSA) is 81.1 Å². The van der Waals surface area contributed by atoms with Gasteiger partial charge in [-0.3, -0.25) is 4.79 Å². The maximum atomic E-state index is 11.8. The van der Waals surface area contributed by atoms with Crippen LogP contribution in [-0.2, 0) is 27.6 Å². The van der Waals surface area contributed by atoms with Gasteiger partial charge in [0.1, 0.15) is 11.6 Å². The minimum absolute atomic E-state index is 0.0153. The van der Waals surface area contributed by atoms with Gasteiger partial charge in [-0.05, 0) is 12.3 Å². The summed E-state index contributed by atoms with van der Waals surface area (Å²) in [5, 5.41) is 2.81. The number of imidazole rings is 1. The van der Waals surface area contributed by atoms with Crippen molar-refractivity contribution in [1.82, 2.24) is 14.9 Å². The molecule has 112 valence electrons. The summed E-state index contributed by atoms with van der Waals surface area (Å²) in [6.07, 6.45) is 5.22. The lowest BCUT2D eigenvalue weighted by Gasteiger charge is -2.24. The third-order valence-electron chi connectivity index (χ3n) is 3.24. The maximum Gasteiger partial charge on any atom is 0.235 e. The van der Waals surface area contributed by atoms with E-state index in [1.54, 1.807) is 6.20 Å². The van der Waals surface area contributed by atoms with Crippen molar-refractivity contribution in [1.29, 1.82) is 0 Å². The van der Waals surface area contributed by atoms with Crippen LogP contribution in [0, 0.1) is 5.92 Å². The molecule has 0 unspecified atom stereocenters. The third-order valence-corrected chi connectivity index (χ3v) is 5.12. The average Bonchev–Trinajstić information content (AvgIpc) is 2.72. The highest BCUT2D eigenvalue weighted by Crippen LogP contribution is 2.13. The van der Waals surface area contributed by atoms with Crippen molar-refractivity contribution in [2.45, 2.75) is 39.3 Å². The van der Waals surface area contributed by atoms with Crippen LogP contribution in [0.1, 0.15) is 26.1 Å². The molecular weight excluding hydrogens is 278 g/mol. The van der Waals surface area contributed by atoms with Crippen molar-refractivity contribution in [2.75, 3.05) is 11.5 Å². The van der Waals surface area contributed by atoms with Gasteiger partial charge in [0, 0.05) is 31.4 Å². The van der Waals surface area contributed by atoms with Crippen LogP contribution in [0.5, 0.6) is 0 Å². The highest BCUT2D eigenvalue weighted by Gasteiger charge is 2.23. The lowest BCUT2D eigenvalue weighted by molar-refractivity contribution is -0.119. The first-order chi connectivity index (χ1) is 9.35.